The fourth-order valence-corrected chi connectivity index (χ4v) is 1.65. The highest BCUT2D eigenvalue weighted by Crippen LogP contribution is 2.19. The third kappa shape index (κ3) is 2.67. The minimum Gasteiger partial charge on any atom is -0.385 e. The Morgan fingerprint density at radius 3 is 3.00 bits per heavy atom. The van der Waals surface area contributed by atoms with E-state index in [9.17, 15) is 0 Å². The van der Waals surface area contributed by atoms with Gasteiger partial charge in [-0.25, -0.2) is 4.98 Å². The molecule has 2 rings (SSSR count). The number of H-pyrrole nitrogens is 1. The number of aromatic nitrogens is 4. The van der Waals surface area contributed by atoms with E-state index in [0.717, 1.165) is 17.8 Å². The summed E-state index contributed by atoms with van der Waals surface area (Å²) in [5.41, 5.74) is 1.47. The van der Waals surface area contributed by atoms with Gasteiger partial charge in [0.25, 0.3) is 0 Å². The van der Waals surface area contributed by atoms with Crippen LogP contribution in [0.3, 0.4) is 0 Å². The third-order valence-electron chi connectivity index (χ3n) is 2.65. The summed E-state index contributed by atoms with van der Waals surface area (Å²) < 4.78 is 5.06. The number of aromatic amines is 1. The van der Waals surface area contributed by atoms with E-state index in [2.05, 4.69) is 37.5 Å². The largest absolute Gasteiger partial charge is 0.385 e. The maximum absolute atomic E-state index is 5.06. The Balaban J connectivity index is 2.22. The smallest absolute Gasteiger partial charge is 0.226 e. The Morgan fingerprint density at radius 2 is 2.28 bits per heavy atom. The van der Waals surface area contributed by atoms with Crippen molar-refractivity contribution in [3.63, 3.8) is 0 Å². The molecule has 0 aliphatic rings. The van der Waals surface area contributed by atoms with Gasteiger partial charge < -0.3 is 20.4 Å². The number of fused-ring (bicyclic) bond motifs is 1. The second kappa shape index (κ2) is 5.63. The van der Waals surface area contributed by atoms with Crippen LogP contribution in [0.25, 0.3) is 11.2 Å². The standard InChI is InChI=1S/C11H18N6O/c1-7(4-5-18-3)15-10-8-9(14-6-13-8)16-11(12-2)17-10/h6-7H,4-5H2,1-3H3,(H3,12,13,14,15,16,17). The summed E-state index contributed by atoms with van der Waals surface area (Å²) in [4.78, 5) is 15.8. The predicted octanol–water partition coefficient (Wildman–Crippen LogP) is 1.23. The molecule has 7 heteroatoms. The van der Waals surface area contributed by atoms with E-state index in [1.807, 2.05) is 0 Å². The normalized spacial score (nSPS) is 12.6. The summed E-state index contributed by atoms with van der Waals surface area (Å²) in [7, 11) is 3.48. The monoisotopic (exact) mass is 250 g/mol. The highest BCUT2D eigenvalue weighted by Gasteiger charge is 2.11. The number of imidazole rings is 1. The summed E-state index contributed by atoms with van der Waals surface area (Å²) in [5, 5.41) is 6.26. The fourth-order valence-electron chi connectivity index (χ4n) is 1.65. The first-order chi connectivity index (χ1) is 8.74. The number of methoxy groups -OCH3 is 1. The summed E-state index contributed by atoms with van der Waals surface area (Å²) >= 11 is 0. The first-order valence-corrected chi connectivity index (χ1v) is 5.89. The molecule has 0 fully saturated rings. The van der Waals surface area contributed by atoms with Gasteiger partial charge in [-0.15, -0.1) is 0 Å². The molecule has 18 heavy (non-hydrogen) atoms. The van der Waals surface area contributed by atoms with Crippen LogP contribution in [0.15, 0.2) is 6.33 Å². The van der Waals surface area contributed by atoms with E-state index in [4.69, 9.17) is 4.74 Å². The van der Waals surface area contributed by atoms with E-state index in [-0.39, 0.29) is 6.04 Å². The molecule has 2 heterocycles. The molecule has 1 atom stereocenters. The van der Waals surface area contributed by atoms with E-state index in [1.54, 1.807) is 20.5 Å². The second-order valence-electron chi connectivity index (χ2n) is 4.07. The second-order valence-corrected chi connectivity index (χ2v) is 4.07. The molecule has 0 aromatic carbocycles. The number of nitrogens with zero attached hydrogens (tertiary/aromatic N) is 3. The number of rotatable bonds is 6. The fraction of sp³-hybridized carbons (Fsp3) is 0.545. The maximum atomic E-state index is 5.06. The van der Waals surface area contributed by atoms with Crippen molar-refractivity contribution in [1.29, 1.82) is 0 Å². The third-order valence-corrected chi connectivity index (χ3v) is 2.65. The number of hydrogen-bond donors (Lipinski definition) is 3. The number of ether oxygens (including phenoxy) is 1. The van der Waals surface area contributed by atoms with E-state index in [1.165, 1.54) is 0 Å². The zero-order chi connectivity index (χ0) is 13.0. The molecule has 0 saturated heterocycles. The summed E-state index contributed by atoms with van der Waals surface area (Å²) in [6.07, 6.45) is 2.52. The molecule has 0 bridgehead atoms. The van der Waals surface area contributed by atoms with Crippen LogP contribution in [-0.2, 0) is 4.74 Å². The molecule has 0 amide bonds. The highest BCUT2D eigenvalue weighted by molar-refractivity contribution is 5.83. The van der Waals surface area contributed by atoms with Gasteiger partial charge in [-0.1, -0.05) is 0 Å². The van der Waals surface area contributed by atoms with Gasteiger partial charge in [-0.3, -0.25) is 0 Å². The number of hydrogen-bond acceptors (Lipinski definition) is 6. The summed E-state index contributed by atoms with van der Waals surface area (Å²) in [6, 6.07) is 0.260. The first kappa shape index (κ1) is 12.6. The lowest BCUT2D eigenvalue weighted by atomic mass is 10.2. The molecular weight excluding hydrogens is 232 g/mol. The van der Waals surface area contributed by atoms with Gasteiger partial charge in [-0.05, 0) is 13.3 Å². The van der Waals surface area contributed by atoms with Crippen LogP contribution >= 0.6 is 0 Å². The van der Waals surface area contributed by atoms with Crippen molar-refractivity contribution in [2.24, 2.45) is 0 Å². The van der Waals surface area contributed by atoms with E-state index >= 15 is 0 Å². The van der Waals surface area contributed by atoms with Crippen molar-refractivity contribution in [2.75, 3.05) is 31.4 Å². The molecular formula is C11H18N6O. The zero-order valence-corrected chi connectivity index (χ0v) is 10.8. The van der Waals surface area contributed by atoms with Gasteiger partial charge in [0.1, 0.15) is 5.52 Å². The molecule has 0 spiro atoms. The Hall–Kier alpha value is -1.89. The lowest BCUT2D eigenvalue weighted by molar-refractivity contribution is 0.191. The highest BCUT2D eigenvalue weighted by atomic mass is 16.5. The Bertz CT molecular complexity index is 511. The number of anilines is 2. The van der Waals surface area contributed by atoms with Crippen LogP contribution in [0, 0.1) is 0 Å². The van der Waals surface area contributed by atoms with Crippen LogP contribution in [0.5, 0.6) is 0 Å². The molecule has 1 unspecified atom stereocenters. The summed E-state index contributed by atoms with van der Waals surface area (Å²) in [6.45, 7) is 2.80. The van der Waals surface area contributed by atoms with Crippen LogP contribution < -0.4 is 10.6 Å². The van der Waals surface area contributed by atoms with Gasteiger partial charge in [0.05, 0.1) is 6.33 Å². The molecule has 3 N–H and O–H groups in total. The van der Waals surface area contributed by atoms with Gasteiger partial charge in [-0.2, -0.15) is 9.97 Å². The lowest BCUT2D eigenvalue weighted by Gasteiger charge is -2.14. The Labute approximate surface area is 105 Å². The average Bonchev–Trinajstić information content (AvgIpc) is 2.84. The van der Waals surface area contributed by atoms with Crippen LogP contribution in [0.4, 0.5) is 11.8 Å². The number of nitrogens with one attached hydrogen (secondary N) is 3. The molecule has 7 nitrogen and oxygen atoms in total. The minimum atomic E-state index is 0.260. The first-order valence-electron chi connectivity index (χ1n) is 5.89. The van der Waals surface area contributed by atoms with Crippen molar-refractivity contribution in [1.82, 2.24) is 19.9 Å². The molecule has 0 aliphatic heterocycles. The van der Waals surface area contributed by atoms with E-state index in [0.29, 0.717) is 18.2 Å². The van der Waals surface area contributed by atoms with Gasteiger partial charge in [0.2, 0.25) is 5.95 Å². The quantitative estimate of drug-likeness (QED) is 0.714. The molecule has 0 aliphatic carbocycles. The van der Waals surface area contributed by atoms with Crippen molar-refractivity contribution >= 4 is 22.9 Å². The van der Waals surface area contributed by atoms with Crippen LogP contribution in [0.2, 0.25) is 0 Å². The van der Waals surface area contributed by atoms with Crippen molar-refractivity contribution < 1.29 is 4.74 Å². The Morgan fingerprint density at radius 1 is 1.44 bits per heavy atom. The average molecular weight is 250 g/mol. The van der Waals surface area contributed by atoms with Crippen molar-refractivity contribution in [2.45, 2.75) is 19.4 Å². The lowest BCUT2D eigenvalue weighted by Crippen LogP contribution is -2.18. The molecule has 2 aromatic heterocycles. The topological polar surface area (TPSA) is 87.8 Å². The van der Waals surface area contributed by atoms with Crippen LogP contribution in [-0.4, -0.2) is 46.7 Å². The summed E-state index contributed by atoms with van der Waals surface area (Å²) in [5.74, 6) is 1.31. The van der Waals surface area contributed by atoms with Crippen molar-refractivity contribution in [3.8, 4) is 0 Å². The maximum Gasteiger partial charge on any atom is 0.226 e. The van der Waals surface area contributed by atoms with Crippen LogP contribution in [0.1, 0.15) is 13.3 Å². The molecule has 98 valence electrons. The predicted molar refractivity (Wildman–Crippen MR) is 70.8 cm³/mol. The van der Waals surface area contributed by atoms with Crippen molar-refractivity contribution in [3.05, 3.63) is 6.33 Å². The minimum absolute atomic E-state index is 0.260. The Kier molecular flexibility index (Phi) is 3.93. The van der Waals surface area contributed by atoms with Gasteiger partial charge in [0.15, 0.2) is 11.5 Å². The molecule has 0 radical (unpaired) electrons. The SMILES string of the molecule is CNc1nc(NC(C)CCOC)c2[nH]cnc2n1. The molecule has 2 aromatic rings. The molecule has 0 saturated carbocycles. The van der Waals surface area contributed by atoms with E-state index < -0.39 is 0 Å². The van der Waals surface area contributed by atoms with Gasteiger partial charge >= 0.3 is 0 Å². The van der Waals surface area contributed by atoms with Gasteiger partial charge in [0, 0.05) is 26.8 Å². The zero-order valence-electron chi connectivity index (χ0n) is 10.8.